The first-order chi connectivity index (χ1) is 9.11. The molecule has 6 nitrogen and oxygen atoms in total. The summed E-state index contributed by atoms with van der Waals surface area (Å²) >= 11 is 5.96. The van der Waals surface area contributed by atoms with Crippen molar-refractivity contribution in [2.45, 2.75) is 0 Å². The fourth-order valence-electron chi connectivity index (χ4n) is 1.39. The first-order valence-corrected chi connectivity index (χ1v) is 5.50. The number of nitrogens with zero attached hydrogens (tertiary/aromatic N) is 3. The lowest BCUT2D eigenvalue weighted by molar-refractivity contribution is 0.0697. The van der Waals surface area contributed by atoms with Crippen LogP contribution in [0, 0.1) is 11.3 Å². The number of hydrogen-bond acceptors (Lipinski definition) is 5. The van der Waals surface area contributed by atoms with Crippen LogP contribution in [0.3, 0.4) is 0 Å². The second-order valence-corrected chi connectivity index (χ2v) is 3.90. The number of anilines is 2. The molecule has 0 amide bonds. The summed E-state index contributed by atoms with van der Waals surface area (Å²) < 4.78 is 0. The SMILES string of the molecule is N#Cc1nccnc1Nc1ccc(C(=O)O)cc1Cl. The average molecular weight is 275 g/mol. The largest absolute Gasteiger partial charge is 0.478 e. The number of nitrogens with one attached hydrogen (secondary N) is 1. The standard InChI is InChI=1S/C12H7ClN4O2/c13-8-5-7(12(18)19)1-2-9(8)17-11-10(6-14)15-3-4-16-11/h1-5H,(H,16,17)(H,18,19). The molecule has 0 saturated carbocycles. The van der Waals surface area contributed by atoms with Crippen molar-refractivity contribution in [1.82, 2.24) is 9.97 Å². The van der Waals surface area contributed by atoms with E-state index in [-0.39, 0.29) is 22.1 Å². The van der Waals surface area contributed by atoms with E-state index in [1.807, 2.05) is 6.07 Å². The molecule has 0 aliphatic heterocycles. The van der Waals surface area contributed by atoms with Crippen LogP contribution in [0.2, 0.25) is 5.02 Å². The number of benzene rings is 1. The number of carboxylic acids is 1. The Hall–Kier alpha value is -2.65. The van der Waals surface area contributed by atoms with Crippen LogP contribution in [-0.4, -0.2) is 21.0 Å². The van der Waals surface area contributed by atoms with Crippen LogP contribution in [0.15, 0.2) is 30.6 Å². The smallest absolute Gasteiger partial charge is 0.335 e. The summed E-state index contributed by atoms with van der Waals surface area (Å²) in [6, 6.07) is 6.11. The summed E-state index contributed by atoms with van der Waals surface area (Å²) in [6.07, 6.45) is 2.83. The zero-order valence-electron chi connectivity index (χ0n) is 9.46. The van der Waals surface area contributed by atoms with Gasteiger partial charge in [-0.1, -0.05) is 11.6 Å². The molecular formula is C12H7ClN4O2. The van der Waals surface area contributed by atoms with Gasteiger partial charge in [0.05, 0.1) is 16.3 Å². The van der Waals surface area contributed by atoms with Crippen LogP contribution in [-0.2, 0) is 0 Å². The fraction of sp³-hybridized carbons (Fsp3) is 0. The molecule has 0 saturated heterocycles. The Morgan fingerprint density at radius 1 is 1.37 bits per heavy atom. The second kappa shape index (κ2) is 5.33. The molecule has 2 N–H and O–H groups in total. The summed E-state index contributed by atoms with van der Waals surface area (Å²) in [7, 11) is 0. The van der Waals surface area contributed by atoms with Gasteiger partial charge in [0.25, 0.3) is 0 Å². The highest BCUT2D eigenvalue weighted by molar-refractivity contribution is 6.33. The number of aromatic carboxylic acids is 1. The van der Waals surface area contributed by atoms with Gasteiger partial charge < -0.3 is 10.4 Å². The summed E-state index contributed by atoms with van der Waals surface area (Å²) in [5, 5.41) is 20.8. The Kier molecular flexibility index (Phi) is 3.59. The number of aromatic nitrogens is 2. The molecule has 7 heteroatoms. The van der Waals surface area contributed by atoms with Crippen molar-refractivity contribution in [1.29, 1.82) is 5.26 Å². The van der Waals surface area contributed by atoms with Crippen LogP contribution in [0.4, 0.5) is 11.5 Å². The summed E-state index contributed by atoms with van der Waals surface area (Å²) in [5.41, 5.74) is 0.653. The van der Waals surface area contributed by atoms with Crippen molar-refractivity contribution in [3.63, 3.8) is 0 Å². The van der Waals surface area contributed by atoms with Crippen LogP contribution >= 0.6 is 11.6 Å². The topological polar surface area (TPSA) is 98.9 Å². The maximum absolute atomic E-state index is 10.8. The number of carboxylic acid groups (broad SMARTS) is 1. The lowest BCUT2D eigenvalue weighted by Gasteiger charge is -2.08. The lowest BCUT2D eigenvalue weighted by atomic mass is 10.2. The molecule has 1 aromatic carbocycles. The van der Waals surface area contributed by atoms with E-state index in [4.69, 9.17) is 22.0 Å². The molecule has 1 heterocycles. The van der Waals surface area contributed by atoms with Crippen molar-refractivity contribution in [2.75, 3.05) is 5.32 Å². The van der Waals surface area contributed by atoms with Crippen molar-refractivity contribution in [3.8, 4) is 6.07 Å². The highest BCUT2D eigenvalue weighted by Gasteiger charge is 2.10. The molecule has 0 aliphatic rings. The molecule has 0 aliphatic carbocycles. The first kappa shape index (κ1) is 12.8. The van der Waals surface area contributed by atoms with Crippen molar-refractivity contribution < 1.29 is 9.90 Å². The third kappa shape index (κ3) is 2.78. The quantitative estimate of drug-likeness (QED) is 0.892. The van der Waals surface area contributed by atoms with E-state index in [2.05, 4.69) is 15.3 Å². The van der Waals surface area contributed by atoms with Crippen molar-refractivity contribution in [2.24, 2.45) is 0 Å². The lowest BCUT2D eigenvalue weighted by Crippen LogP contribution is -2.01. The van der Waals surface area contributed by atoms with Crippen LogP contribution < -0.4 is 5.32 Å². The molecule has 0 bridgehead atoms. The molecule has 0 unspecified atom stereocenters. The Morgan fingerprint density at radius 3 is 2.74 bits per heavy atom. The van der Waals surface area contributed by atoms with E-state index in [0.717, 1.165) is 0 Å². The van der Waals surface area contributed by atoms with Gasteiger partial charge in [-0.05, 0) is 18.2 Å². The predicted octanol–water partition coefficient (Wildman–Crippen LogP) is 2.44. The van der Waals surface area contributed by atoms with Crippen molar-refractivity contribution in [3.05, 3.63) is 46.9 Å². The molecular weight excluding hydrogens is 268 g/mol. The summed E-state index contributed by atoms with van der Waals surface area (Å²) in [6.45, 7) is 0. The van der Waals surface area contributed by atoms with Gasteiger partial charge in [0.1, 0.15) is 6.07 Å². The zero-order chi connectivity index (χ0) is 13.8. The Morgan fingerprint density at radius 2 is 2.11 bits per heavy atom. The molecule has 19 heavy (non-hydrogen) atoms. The maximum Gasteiger partial charge on any atom is 0.335 e. The molecule has 1 aromatic heterocycles. The van der Waals surface area contributed by atoms with E-state index < -0.39 is 5.97 Å². The van der Waals surface area contributed by atoms with Gasteiger partial charge in [0, 0.05) is 12.4 Å². The monoisotopic (exact) mass is 274 g/mol. The minimum Gasteiger partial charge on any atom is -0.478 e. The second-order valence-electron chi connectivity index (χ2n) is 3.49. The zero-order valence-corrected chi connectivity index (χ0v) is 10.2. The highest BCUT2D eigenvalue weighted by atomic mass is 35.5. The molecule has 0 fully saturated rings. The maximum atomic E-state index is 10.8. The first-order valence-electron chi connectivity index (χ1n) is 5.13. The van der Waals surface area contributed by atoms with Gasteiger partial charge in [-0.3, -0.25) is 0 Å². The number of carbonyl (C=O) groups is 1. The predicted molar refractivity (Wildman–Crippen MR) is 68.4 cm³/mol. The average Bonchev–Trinajstić information content (AvgIpc) is 2.41. The van der Waals surface area contributed by atoms with Gasteiger partial charge in [-0.2, -0.15) is 5.26 Å². The van der Waals surface area contributed by atoms with Gasteiger partial charge in [0.15, 0.2) is 11.5 Å². The Bertz CT molecular complexity index is 682. The number of nitriles is 1. The van der Waals surface area contributed by atoms with E-state index in [1.54, 1.807) is 0 Å². The van der Waals surface area contributed by atoms with Crippen LogP contribution in [0.5, 0.6) is 0 Å². The Balaban J connectivity index is 2.34. The molecule has 94 valence electrons. The van der Waals surface area contributed by atoms with Crippen LogP contribution in [0.1, 0.15) is 16.1 Å². The van der Waals surface area contributed by atoms with Crippen LogP contribution in [0.25, 0.3) is 0 Å². The highest BCUT2D eigenvalue weighted by Crippen LogP contribution is 2.26. The number of hydrogen-bond donors (Lipinski definition) is 2. The Labute approximate surface area is 113 Å². The van der Waals surface area contributed by atoms with Gasteiger partial charge in [-0.25, -0.2) is 14.8 Å². The van der Waals surface area contributed by atoms with E-state index in [0.29, 0.717) is 5.69 Å². The van der Waals surface area contributed by atoms with E-state index >= 15 is 0 Å². The van der Waals surface area contributed by atoms with E-state index in [9.17, 15) is 4.79 Å². The minimum atomic E-state index is -1.06. The minimum absolute atomic E-state index is 0.0789. The third-order valence-corrected chi connectivity index (χ3v) is 2.59. The van der Waals surface area contributed by atoms with Crippen molar-refractivity contribution >= 4 is 29.1 Å². The molecule has 0 radical (unpaired) electrons. The molecule has 2 aromatic rings. The number of rotatable bonds is 3. The van der Waals surface area contributed by atoms with Gasteiger partial charge in [0.2, 0.25) is 0 Å². The molecule has 0 spiro atoms. The molecule has 0 atom stereocenters. The molecule has 2 rings (SSSR count). The summed E-state index contributed by atoms with van der Waals surface area (Å²) in [4.78, 5) is 18.6. The normalized spacial score (nSPS) is 9.68. The van der Waals surface area contributed by atoms with Gasteiger partial charge >= 0.3 is 5.97 Å². The fourth-order valence-corrected chi connectivity index (χ4v) is 1.62. The van der Waals surface area contributed by atoms with Gasteiger partial charge in [-0.15, -0.1) is 0 Å². The third-order valence-electron chi connectivity index (χ3n) is 2.27. The summed E-state index contributed by atoms with van der Waals surface area (Å²) in [5.74, 6) is -0.805. The number of halogens is 1. The van der Waals surface area contributed by atoms with E-state index in [1.165, 1.54) is 30.6 Å².